The van der Waals surface area contributed by atoms with Crippen LogP contribution in [0.3, 0.4) is 0 Å². The van der Waals surface area contributed by atoms with Gasteiger partial charge in [0.2, 0.25) is 22.8 Å². The van der Waals surface area contributed by atoms with Gasteiger partial charge in [0, 0.05) is 97.2 Å². The fourth-order valence-corrected chi connectivity index (χ4v) is 22.4. The van der Waals surface area contributed by atoms with Crippen LogP contribution in [0.25, 0.3) is 105 Å². The van der Waals surface area contributed by atoms with E-state index in [-0.39, 0.29) is 0 Å². The number of hydrogen-bond acceptors (Lipinski definition) is 4. The molecule has 1 atom stereocenters. The number of nitrogens with one attached hydrogen (secondary N) is 2. The van der Waals surface area contributed by atoms with Crippen molar-refractivity contribution < 1.29 is 9.15 Å². The van der Waals surface area contributed by atoms with Gasteiger partial charge in [-0.3, -0.25) is 0 Å². The van der Waals surface area contributed by atoms with Crippen LogP contribution >= 0.6 is 0 Å². The Morgan fingerprint density at radius 1 is 0.216 bits per heavy atom. The maximum atomic E-state index is 5.34. The minimum atomic E-state index is -0.543. The Hall–Kier alpha value is -10.2. The van der Waals surface area contributed by atoms with E-state index in [1.54, 1.807) is 0 Å². The van der Waals surface area contributed by atoms with Crippen LogP contribution in [0.5, 0.6) is 0 Å². The molecule has 0 aliphatic carbocycles. The van der Waals surface area contributed by atoms with E-state index in [2.05, 4.69) is 301 Å². The van der Waals surface area contributed by atoms with Crippen molar-refractivity contribution in [2.24, 2.45) is 14.1 Å². The third-order valence-corrected chi connectivity index (χ3v) is 29.7. The Balaban J connectivity index is 0.000000126. The molecule has 18 rings (SSSR count). The van der Waals surface area contributed by atoms with Gasteiger partial charge in [0.15, 0.2) is 0 Å². The van der Waals surface area contributed by atoms with Crippen molar-refractivity contribution in [3.8, 4) is 0 Å². The molecule has 0 fully saturated rings. The van der Waals surface area contributed by atoms with Crippen LogP contribution in [-0.2, 0) is 20.0 Å². The lowest BCUT2D eigenvalue weighted by Gasteiger charge is -2.41. The summed E-state index contributed by atoms with van der Waals surface area (Å²) in [7, 11) is 4.40. The van der Waals surface area contributed by atoms with Gasteiger partial charge in [-0.05, 0) is 405 Å². The second-order valence-corrected chi connectivity index (χ2v) is 34.7. The number of allylic oxidation sites excluding steroid dienone is 14. The number of aromatic nitrogens is 10. The van der Waals surface area contributed by atoms with Crippen LogP contribution in [-0.4, -0.2) is 68.7 Å². The fraction of sp³-hybridized carbons (Fsp3) is 0.394. The van der Waals surface area contributed by atoms with Crippen LogP contribution in [0.15, 0.2) is 39.3 Å². The molecule has 12 heteroatoms. The van der Waals surface area contributed by atoms with Gasteiger partial charge in [0.25, 0.3) is 0 Å². The molecule has 111 heavy (non-hydrogen) atoms. The molecule has 2 N–H and O–H groups in total. The average Bonchev–Trinajstić information content (AvgIpc) is 1.47. The zero-order valence-electron chi connectivity index (χ0n) is 74.0. The standard InChI is InChI=1S/C34H42N4.C33H36N4.C32H38N4/c1-15-16(2)28-24(10)32-21(7)22(8)34(38(32)14)26(12)30-18(4)17(3)29(36-30)25(11)33-20(6)19(5)31(37(33)13)23(9)27(15)35-28;1-13-14(2)26-22(10)28-17(5)18(6)30-24(12)32-20(8)19(7)31-23(11)29-16(4)15(3)27-21(9)25(13)34(26)33(35(27)29,36(28)30)37(31)32;1-13-14(2)26-22(10)28-17(5)18(6)30(35-28)24(12)32-20(8)19(7)31(36-32)23(11)29-16(4)15(3)27(34-29)21(9)25(13)33-26/h1-14H3;1-12H3;33-34H,1-12H3/q;+2;. The molecule has 12 nitrogen and oxygen atoms in total. The summed E-state index contributed by atoms with van der Waals surface area (Å²) in [6.45, 7) is 81.4. The fourth-order valence-electron chi connectivity index (χ4n) is 22.4. The first-order valence-corrected chi connectivity index (χ1v) is 40.3. The van der Waals surface area contributed by atoms with E-state index in [1.807, 2.05) is 0 Å². The van der Waals surface area contributed by atoms with Crippen molar-refractivity contribution in [1.82, 2.24) is 48.2 Å². The normalized spacial score (nSPS) is 17.5. The molecule has 0 radical (unpaired) electrons. The lowest BCUT2D eigenvalue weighted by molar-refractivity contribution is -0.838. The second-order valence-electron chi connectivity index (χ2n) is 34.7. The van der Waals surface area contributed by atoms with Crippen LogP contribution in [0.2, 0.25) is 0 Å². The highest BCUT2D eigenvalue weighted by Crippen LogP contribution is 2.56. The Kier molecular flexibility index (Phi) is 16.5. The summed E-state index contributed by atoms with van der Waals surface area (Å²) in [4.78, 5) is 28.8. The van der Waals surface area contributed by atoms with E-state index in [4.69, 9.17) is 19.9 Å². The third-order valence-electron chi connectivity index (χ3n) is 29.7. The quantitative estimate of drug-likeness (QED) is 0.147. The van der Waals surface area contributed by atoms with Gasteiger partial charge in [-0.2, -0.15) is 9.13 Å². The van der Waals surface area contributed by atoms with Crippen molar-refractivity contribution in [1.29, 1.82) is 0 Å². The summed E-state index contributed by atoms with van der Waals surface area (Å²) in [5.74, 6) is -0.543. The Labute approximate surface area is 657 Å². The smallest absolute Gasteiger partial charge is 0.355 e. The van der Waals surface area contributed by atoms with Gasteiger partial charge in [-0.1, -0.05) is 9.15 Å². The molecule has 8 aromatic rings. The summed E-state index contributed by atoms with van der Waals surface area (Å²) in [5.41, 5.74) is 73.7. The second kappa shape index (κ2) is 24.4. The molecule has 1 spiro atoms. The van der Waals surface area contributed by atoms with Crippen LogP contribution in [0, 0.1) is 138 Å². The molecule has 0 saturated carbocycles. The number of hydrogen-bond donors (Lipinski definition) is 2. The van der Waals surface area contributed by atoms with Gasteiger partial charge in [0.1, 0.15) is 0 Å². The number of fused-ring (bicyclic) bond motifs is 16. The van der Waals surface area contributed by atoms with Gasteiger partial charge in [0.05, 0.1) is 73.2 Å². The minimum absolute atomic E-state index is 0.543. The van der Waals surface area contributed by atoms with E-state index in [0.717, 1.165) is 51.1 Å². The highest BCUT2D eigenvalue weighted by atomic mass is 15.6. The summed E-state index contributed by atoms with van der Waals surface area (Å²) in [5, 5.41) is 2.79. The maximum absolute atomic E-state index is 5.34. The molecule has 16 bridgehead atoms. The Morgan fingerprint density at radius 3 is 0.802 bits per heavy atom. The van der Waals surface area contributed by atoms with E-state index in [1.165, 1.54) is 284 Å². The van der Waals surface area contributed by atoms with Gasteiger partial charge < -0.3 is 19.1 Å². The van der Waals surface area contributed by atoms with E-state index in [0.29, 0.717) is 0 Å². The van der Waals surface area contributed by atoms with Crippen LogP contribution in [0.4, 0.5) is 0 Å². The van der Waals surface area contributed by atoms with Crippen molar-refractivity contribution in [2.75, 3.05) is 0 Å². The van der Waals surface area contributed by atoms with Crippen molar-refractivity contribution in [3.63, 3.8) is 0 Å². The predicted molar refractivity (Wildman–Crippen MR) is 470 cm³/mol. The lowest BCUT2D eigenvalue weighted by Crippen LogP contribution is -2.71. The molecule has 570 valence electrons. The highest BCUT2D eigenvalue weighted by molar-refractivity contribution is 6.26. The summed E-state index contributed by atoms with van der Waals surface area (Å²) in [6.07, 6.45) is 0. The first-order valence-electron chi connectivity index (χ1n) is 40.3. The number of rotatable bonds is 0. The Bertz CT molecular complexity index is 6490. The topological polar surface area (TPSA) is 109 Å². The molecule has 10 aliphatic rings. The van der Waals surface area contributed by atoms with Gasteiger partial charge >= 0.3 is 5.91 Å². The van der Waals surface area contributed by atoms with E-state index >= 15 is 0 Å². The SMILES string of the molecule is CC1=C(C)C2=[N+]3C1=C(C)C1=[N+]4C(=C(C)c5c(C)c(C)c6n5C43n3c(c(C)c(C)c3=C6C)=C2C)C(C)=C1C.CC1=C(C)c2nc1c(C)c1c(C)c(C)c(c(C)c3nc(c(C)c4c(C)c(C)c(c2C)n4C)C(C)=C3C)n1C.CC1=C(C)c2nc1c(C)c1nc(c(C)c3[nH]c(c(C)c3C)c(C)c3[nH]c(c2C)c(C)c3C)C(C)=C1C. The summed E-state index contributed by atoms with van der Waals surface area (Å²) >= 11 is 0. The number of aryl methyl sites for hydroxylation is 17. The zero-order chi connectivity index (χ0) is 80.8. The van der Waals surface area contributed by atoms with E-state index < -0.39 is 5.91 Å². The molecule has 0 saturated heterocycles. The maximum Gasteiger partial charge on any atom is 0.553 e. The molecule has 1 unspecified atom stereocenters. The molecule has 8 aromatic heterocycles. The van der Waals surface area contributed by atoms with Gasteiger partial charge in [-0.25, -0.2) is 19.9 Å². The first-order chi connectivity index (χ1) is 52.0. The van der Waals surface area contributed by atoms with Crippen molar-refractivity contribution in [2.45, 2.75) is 255 Å². The molecule has 10 aliphatic heterocycles. The van der Waals surface area contributed by atoms with Crippen LogP contribution in [0.1, 0.15) is 279 Å². The third kappa shape index (κ3) is 8.99. The number of H-pyrrole nitrogens is 2. The lowest BCUT2D eigenvalue weighted by atomic mass is 9.96. The van der Waals surface area contributed by atoms with Crippen molar-refractivity contribution >= 4 is 117 Å². The minimum Gasteiger partial charge on any atom is -0.355 e. The zero-order valence-corrected chi connectivity index (χ0v) is 74.0. The molecule has 0 aromatic carbocycles. The monoisotopic (exact) mass is 1470 g/mol. The van der Waals surface area contributed by atoms with Gasteiger partial charge in [-0.15, -0.1) is 0 Å². The first kappa shape index (κ1) is 74.9. The molecular weight excluding hydrogens is 1360 g/mol. The van der Waals surface area contributed by atoms with E-state index in [9.17, 15) is 0 Å². The molecule has 0 amide bonds. The number of aromatic amines is 2. The molecule has 18 heterocycles. The van der Waals surface area contributed by atoms with Crippen molar-refractivity contribution in [3.05, 3.63) is 218 Å². The molecular formula is C99H116N12+2. The predicted octanol–water partition coefficient (Wildman–Crippen LogP) is 22.4. The highest BCUT2D eigenvalue weighted by Gasteiger charge is 2.75. The summed E-state index contributed by atoms with van der Waals surface area (Å²) in [6, 6.07) is 0. The Morgan fingerprint density at radius 2 is 0.477 bits per heavy atom. The number of nitrogens with zero attached hydrogens (tertiary/aromatic N) is 10. The van der Waals surface area contributed by atoms with Crippen LogP contribution < -0.4 is 10.7 Å². The summed E-state index contributed by atoms with van der Waals surface area (Å²) < 4.78 is 15.7. The average molecular weight is 1470 g/mol. The largest absolute Gasteiger partial charge is 0.553 e.